The number of nitrogens with zero attached hydrogens (tertiary/aromatic N) is 1. The number of carbonyl (C=O) groups is 2. The Morgan fingerprint density at radius 3 is 2.38 bits per heavy atom. The van der Waals surface area contributed by atoms with Crippen LogP contribution in [0.4, 0.5) is 5.69 Å². The average Bonchev–Trinajstić information content (AvgIpc) is 2.69. The highest BCUT2D eigenvalue weighted by molar-refractivity contribution is 5.93. The van der Waals surface area contributed by atoms with E-state index in [0.29, 0.717) is 6.54 Å². The van der Waals surface area contributed by atoms with Crippen molar-refractivity contribution in [1.29, 1.82) is 0 Å². The predicted molar refractivity (Wildman–Crippen MR) is 116 cm³/mol. The lowest BCUT2D eigenvalue weighted by molar-refractivity contribution is -0.886. The van der Waals surface area contributed by atoms with Crippen LogP contribution in [0.15, 0.2) is 36.4 Å². The van der Waals surface area contributed by atoms with Crippen LogP contribution < -0.4 is 10.2 Å². The van der Waals surface area contributed by atoms with Crippen molar-refractivity contribution in [2.24, 2.45) is 0 Å². The summed E-state index contributed by atoms with van der Waals surface area (Å²) < 4.78 is 0. The lowest BCUT2D eigenvalue weighted by atomic mass is 9.99. The van der Waals surface area contributed by atoms with Crippen LogP contribution in [0.1, 0.15) is 34.7 Å². The van der Waals surface area contributed by atoms with Gasteiger partial charge in [0.15, 0.2) is 12.6 Å². The summed E-state index contributed by atoms with van der Waals surface area (Å²) in [4.78, 5) is 28.4. The minimum atomic E-state index is -0.272. The van der Waals surface area contributed by atoms with E-state index in [0.717, 1.165) is 34.7 Å². The molecule has 29 heavy (non-hydrogen) atoms. The van der Waals surface area contributed by atoms with Gasteiger partial charge in [0.05, 0.1) is 7.05 Å². The summed E-state index contributed by atoms with van der Waals surface area (Å²) in [6.45, 7) is 9.62. The van der Waals surface area contributed by atoms with Gasteiger partial charge in [-0.2, -0.15) is 0 Å². The minimum absolute atomic E-state index is 0.0683. The molecular formula is C24H32N3O2+. The third-order valence-corrected chi connectivity index (χ3v) is 5.93. The summed E-state index contributed by atoms with van der Waals surface area (Å²) in [5, 5.41) is 3.04. The highest BCUT2D eigenvalue weighted by atomic mass is 16.2. The monoisotopic (exact) mass is 394 g/mol. The van der Waals surface area contributed by atoms with Crippen molar-refractivity contribution in [3.05, 3.63) is 64.2 Å². The van der Waals surface area contributed by atoms with Crippen molar-refractivity contribution >= 4 is 17.5 Å². The van der Waals surface area contributed by atoms with Crippen LogP contribution in [0.5, 0.6) is 0 Å². The van der Waals surface area contributed by atoms with Crippen LogP contribution in [0.3, 0.4) is 0 Å². The van der Waals surface area contributed by atoms with Crippen LogP contribution in [0.25, 0.3) is 0 Å². The Labute approximate surface area is 173 Å². The maximum absolute atomic E-state index is 13.0. The summed E-state index contributed by atoms with van der Waals surface area (Å²) in [6.07, 6.45) is 0.889. The van der Waals surface area contributed by atoms with Crippen molar-refractivity contribution in [3.63, 3.8) is 0 Å². The van der Waals surface area contributed by atoms with E-state index in [1.165, 1.54) is 16.7 Å². The summed E-state index contributed by atoms with van der Waals surface area (Å²) >= 11 is 0. The second kappa shape index (κ2) is 8.78. The molecule has 0 aliphatic carbocycles. The molecular weight excluding hydrogens is 362 g/mol. The average molecular weight is 395 g/mol. The third-order valence-electron chi connectivity index (χ3n) is 5.93. The number of likely N-dealkylation sites (N-methyl/N-ethyl adjacent to an activating group) is 1. The minimum Gasteiger partial charge on any atom is -0.333 e. The van der Waals surface area contributed by atoms with Gasteiger partial charge in [-0.1, -0.05) is 42.0 Å². The number of fused-ring (bicyclic) bond motifs is 1. The van der Waals surface area contributed by atoms with Gasteiger partial charge in [0.2, 0.25) is 0 Å². The number of amides is 2. The van der Waals surface area contributed by atoms with Gasteiger partial charge in [0.1, 0.15) is 0 Å². The molecule has 2 aromatic carbocycles. The molecule has 0 bridgehead atoms. The Bertz CT molecular complexity index is 899. The van der Waals surface area contributed by atoms with Gasteiger partial charge < -0.3 is 15.1 Å². The van der Waals surface area contributed by atoms with Gasteiger partial charge in [-0.3, -0.25) is 9.59 Å². The summed E-state index contributed by atoms with van der Waals surface area (Å²) in [7, 11) is 1.91. The Balaban J connectivity index is 1.59. The van der Waals surface area contributed by atoms with E-state index in [1.807, 2.05) is 44.9 Å². The first kappa shape index (κ1) is 21.1. The van der Waals surface area contributed by atoms with E-state index in [4.69, 9.17) is 0 Å². The fourth-order valence-electron chi connectivity index (χ4n) is 4.14. The first-order chi connectivity index (χ1) is 13.8. The second-order valence-corrected chi connectivity index (χ2v) is 8.35. The first-order valence-corrected chi connectivity index (χ1v) is 10.3. The topological polar surface area (TPSA) is 53.9 Å². The van der Waals surface area contributed by atoms with Crippen molar-refractivity contribution < 1.29 is 14.5 Å². The summed E-state index contributed by atoms with van der Waals surface area (Å²) in [5.74, 6) is 0.0358. The van der Waals surface area contributed by atoms with E-state index in [-0.39, 0.29) is 24.4 Å². The van der Waals surface area contributed by atoms with Crippen LogP contribution in [0, 0.1) is 20.8 Å². The molecule has 0 spiro atoms. The van der Waals surface area contributed by atoms with Gasteiger partial charge >= 0.3 is 0 Å². The fourth-order valence-corrected chi connectivity index (χ4v) is 4.14. The number of benzene rings is 2. The first-order valence-electron chi connectivity index (χ1n) is 10.3. The Kier molecular flexibility index (Phi) is 6.38. The largest absolute Gasteiger partial charge is 0.333 e. The Morgan fingerprint density at radius 1 is 1.10 bits per heavy atom. The van der Waals surface area contributed by atoms with Crippen molar-refractivity contribution in [2.75, 3.05) is 25.5 Å². The van der Waals surface area contributed by atoms with Crippen molar-refractivity contribution in [1.82, 2.24) is 4.90 Å². The van der Waals surface area contributed by atoms with E-state index >= 15 is 0 Å². The molecule has 2 aromatic rings. The quantitative estimate of drug-likeness (QED) is 0.815. The maximum atomic E-state index is 13.0. The lowest BCUT2D eigenvalue weighted by Gasteiger charge is -2.32. The summed E-state index contributed by atoms with van der Waals surface area (Å²) in [6, 6.07) is 12.2. The zero-order chi connectivity index (χ0) is 21.1. The number of quaternary nitrogens is 1. The molecule has 5 heteroatoms. The van der Waals surface area contributed by atoms with Gasteiger partial charge in [-0.15, -0.1) is 0 Å². The van der Waals surface area contributed by atoms with E-state index in [1.54, 1.807) is 0 Å². The molecule has 3 rings (SSSR count). The van der Waals surface area contributed by atoms with Gasteiger partial charge in [-0.05, 0) is 56.4 Å². The highest BCUT2D eigenvalue weighted by Crippen LogP contribution is 2.21. The highest BCUT2D eigenvalue weighted by Gasteiger charge is 2.30. The smallest absolute Gasteiger partial charge is 0.280 e. The molecule has 0 saturated heterocycles. The van der Waals surface area contributed by atoms with Gasteiger partial charge in [-0.25, -0.2) is 0 Å². The number of carbonyl (C=O) groups excluding carboxylic acids is 2. The number of hydrogen-bond donors (Lipinski definition) is 2. The molecule has 2 N–H and O–H groups in total. The molecule has 0 radical (unpaired) electrons. The zero-order valence-corrected chi connectivity index (χ0v) is 18.1. The molecule has 154 valence electrons. The van der Waals surface area contributed by atoms with E-state index < -0.39 is 0 Å². The molecule has 0 saturated carbocycles. The van der Waals surface area contributed by atoms with E-state index in [9.17, 15) is 9.59 Å². The molecule has 0 aromatic heterocycles. The number of nitrogens with one attached hydrogen (secondary N) is 2. The van der Waals surface area contributed by atoms with E-state index in [2.05, 4.69) is 36.5 Å². The molecule has 2 atom stereocenters. The normalized spacial score (nSPS) is 15.4. The van der Waals surface area contributed by atoms with Crippen molar-refractivity contribution in [3.8, 4) is 0 Å². The molecule has 0 fully saturated rings. The number of hydrogen-bond acceptors (Lipinski definition) is 2. The zero-order valence-electron chi connectivity index (χ0n) is 18.1. The Morgan fingerprint density at radius 2 is 1.72 bits per heavy atom. The predicted octanol–water partition coefficient (Wildman–Crippen LogP) is 2.04. The fraction of sp³-hybridized carbons (Fsp3) is 0.417. The molecule has 1 aliphatic heterocycles. The number of rotatable bonds is 5. The van der Waals surface area contributed by atoms with Crippen LogP contribution >= 0.6 is 0 Å². The van der Waals surface area contributed by atoms with Crippen LogP contribution in [-0.2, 0) is 22.6 Å². The SMILES string of the molecule is Cc1cc(C)c(NC(=O)C[NH+](C)[C@@H](C)C(=O)N2CCc3ccccc3C2)c(C)c1. The third kappa shape index (κ3) is 4.85. The maximum Gasteiger partial charge on any atom is 0.280 e. The second-order valence-electron chi connectivity index (χ2n) is 8.35. The lowest BCUT2D eigenvalue weighted by Crippen LogP contribution is -3.15. The summed E-state index contributed by atoms with van der Waals surface area (Å²) in [5.41, 5.74) is 6.73. The molecule has 5 nitrogen and oxygen atoms in total. The molecule has 1 heterocycles. The van der Waals surface area contributed by atoms with Gasteiger partial charge in [0, 0.05) is 18.8 Å². The number of aryl methyl sites for hydroxylation is 3. The van der Waals surface area contributed by atoms with Gasteiger partial charge in [0.25, 0.3) is 11.8 Å². The number of anilines is 1. The standard InChI is InChI=1S/C24H31N3O2/c1-16-12-17(2)23(18(3)13-16)25-22(28)15-26(5)19(4)24(29)27-11-10-20-8-6-7-9-21(20)14-27/h6-9,12-13,19H,10-11,14-15H2,1-5H3,(H,25,28)/p+1/t19-/m0/s1. The Hall–Kier alpha value is -2.66. The van der Waals surface area contributed by atoms with Crippen LogP contribution in [-0.4, -0.2) is 42.9 Å². The molecule has 1 unspecified atom stereocenters. The van der Waals surface area contributed by atoms with Crippen molar-refractivity contribution in [2.45, 2.75) is 46.7 Å². The molecule has 1 aliphatic rings. The molecule has 2 amide bonds. The van der Waals surface area contributed by atoms with Crippen LogP contribution in [0.2, 0.25) is 0 Å².